The molecule has 0 spiro atoms. The molecule has 1 heterocycles. The molecule has 0 saturated carbocycles. The molecule has 3 nitrogen and oxygen atoms in total. The number of aliphatic hydroxyl groups excluding tert-OH is 1. The molecule has 15 heavy (non-hydrogen) atoms. The Hall–Kier alpha value is -0.800. The van der Waals surface area contributed by atoms with E-state index in [4.69, 9.17) is 5.11 Å². The molecule has 3 heteroatoms. The zero-order valence-corrected chi connectivity index (χ0v) is 9.74. The van der Waals surface area contributed by atoms with E-state index in [0.29, 0.717) is 6.04 Å². The monoisotopic (exact) mass is 210 g/mol. The molecule has 0 bridgehead atoms. The Morgan fingerprint density at radius 2 is 2.27 bits per heavy atom. The van der Waals surface area contributed by atoms with Crippen LogP contribution in [0.1, 0.15) is 32.3 Å². The molecule has 1 aromatic rings. The van der Waals surface area contributed by atoms with Crippen LogP contribution < -0.4 is 5.32 Å². The quantitative estimate of drug-likeness (QED) is 0.719. The Bertz CT molecular complexity index is 270. The first-order chi connectivity index (χ1) is 7.30. The standard InChI is InChI=1S/C12H22N2O/c1-3-12(6-8-15)13-9-11-5-7-14(4-2)10-11/h5,7,10,12-13,15H,3-4,6,8-9H2,1-2H3. The van der Waals surface area contributed by atoms with Crippen molar-refractivity contribution in [2.75, 3.05) is 6.61 Å². The fourth-order valence-corrected chi connectivity index (χ4v) is 1.66. The maximum atomic E-state index is 8.86. The van der Waals surface area contributed by atoms with E-state index in [1.165, 1.54) is 5.56 Å². The number of nitrogens with zero attached hydrogens (tertiary/aromatic N) is 1. The van der Waals surface area contributed by atoms with Gasteiger partial charge in [-0.3, -0.25) is 0 Å². The van der Waals surface area contributed by atoms with Crippen LogP contribution in [0, 0.1) is 0 Å². The number of aliphatic hydroxyl groups is 1. The summed E-state index contributed by atoms with van der Waals surface area (Å²) in [7, 11) is 0. The highest BCUT2D eigenvalue weighted by atomic mass is 16.3. The van der Waals surface area contributed by atoms with Gasteiger partial charge in [-0.2, -0.15) is 0 Å². The minimum Gasteiger partial charge on any atom is -0.396 e. The summed E-state index contributed by atoms with van der Waals surface area (Å²) in [5.41, 5.74) is 1.31. The molecule has 0 aliphatic carbocycles. The second-order valence-electron chi connectivity index (χ2n) is 3.85. The van der Waals surface area contributed by atoms with E-state index in [0.717, 1.165) is 25.9 Å². The Morgan fingerprint density at radius 3 is 2.80 bits per heavy atom. The molecule has 0 radical (unpaired) electrons. The third-order valence-electron chi connectivity index (χ3n) is 2.74. The van der Waals surface area contributed by atoms with Crippen LogP contribution in [0.25, 0.3) is 0 Å². The molecule has 2 N–H and O–H groups in total. The zero-order valence-electron chi connectivity index (χ0n) is 9.74. The number of hydrogen-bond acceptors (Lipinski definition) is 2. The first-order valence-corrected chi connectivity index (χ1v) is 5.79. The largest absolute Gasteiger partial charge is 0.396 e. The van der Waals surface area contributed by atoms with Crippen molar-refractivity contribution < 1.29 is 5.11 Å². The SMILES string of the molecule is CCC(CCO)NCc1ccn(CC)c1. The Kier molecular flexibility index (Phi) is 5.43. The number of hydrogen-bond donors (Lipinski definition) is 2. The van der Waals surface area contributed by atoms with Crippen LogP contribution in [0.4, 0.5) is 0 Å². The lowest BCUT2D eigenvalue weighted by atomic mass is 10.1. The highest BCUT2D eigenvalue weighted by molar-refractivity contribution is 5.09. The van der Waals surface area contributed by atoms with E-state index >= 15 is 0 Å². The smallest absolute Gasteiger partial charge is 0.0445 e. The van der Waals surface area contributed by atoms with Crippen LogP contribution >= 0.6 is 0 Å². The summed E-state index contributed by atoms with van der Waals surface area (Å²) in [4.78, 5) is 0. The van der Waals surface area contributed by atoms with E-state index in [1.807, 2.05) is 0 Å². The van der Waals surface area contributed by atoms with Crippen LogP contribution in [-0.2, 0) is 13.1 Å². The van der Waals surface area contributed by atoms with Crippen LogP contribution in [0.3, 0.4) is 0 Å². The summed E-state index contributed by atoms with van der Waals surface area (Å²) in [6.07, 6.45) is 6.17. The Morgan fingerprint density at radius 1 is 1.47 bits per heavy atom. The minimum absolute atomic E-state index is 0.265. The third kappa shape index (κ3) is 4.06. The van der Waals surface area contributed by atoms with Crippen molar-refractivity contribution in [3.8, 4) is 0 Å². The number of rotatable bonds is 7. The number of aromatic nitrogens is 1. The zero-order chi connectivity index (χ0) is 11.1. The molecular weight excluding hydrogens is 188 g/mol. The van der Waals surface area contributed by atoms with Gasteiger partial charge in [0.25, 0.3) is 0 Å². The molecule has 86 valence electrons. The topological polar surface area (TPSA) is 37.2 Å². The van der Waals surface area contributed by atoms with Gasteiger partial charge in [0.1, 0.15) is 0 Å². The lowest BCUT2D eigenvalue weighted by molar-refractivity contribution is 0.262. The second-order valence-corrected chi connectivity index (χ2v) is 3.85. The number of aryl methyl sites for hydroxylation is 1. The lowest BCUT2D eigenvalue weighted by Crippen LogP contribution is -2.28. The van der Waals surface area contributed by atoms with Crippen LogP contribution in [0.15, 0.2) is 18.5 Å². The molecule has 1 unspecified atom stereocenters. The molecule has 1 atom stereocenters. The van der Waals surface area contributed by atoms with Gasteiger partial charge >= 0.3 is 0 Å². The van der Waals surface area contributed by atoms with Gasteiger partial charge < -0.3 is 15.0 Å². The molecule has 0 aromatic carbocycles. The van der Waals surface area contributed by atoms with Gasteiger partial charge in [0, 0.05) is 38.1 Å². The van der Waals surface area contributed by atoms with Gasteiger partial charge in [0.2, 0.25) is 0 Å². The summed E-state index contributed by atoms with van der Waals surface area (Å²) in [5.74, 6) is 0. The van der Waals surface area contributed by atoms with Crippen molar-refractivity contribution in [3.63, 3.8) is 0 Å². The molecule has 1 aromatic heterocycles. The first-order valence-electron chi connectivity index (χ1n) is 5.79. The summed E-state index contributed by atoms with van der Waals surface area (Å²) >= 11 is 0. The van der Waals surface area contributed by atoms with Gasteiger partial charge in [0.05, 0.1) is 0 Å². The second kappa shape index (κ2) is 6.64. The average molecular weight is 210 g/mol. The fourth-order valence-electron chi connectivity index (χ4n) is 1.66. The van der Waals surface area contributed by atoms with Crippen molar-refractivity contribution in [2.45, 2.75) is 45.8 Å². The maximum Gasteiger partial charge on any atom is 0.0445 e. The lowest BCUT2D eigenvalue weighted by Gasteiger charge is -2.14. The van der Waals surface area contributed by atoms with Gasteiger partial charge in [0.15, 0.2) is 0 Å². The highest BCUT2D eigenvalue weighted by Gasteiger charge is 2.04. The van der Waals surface area contributed by atoms with E-state index in [1.54, 1.807) is 0 Å². The Labute approximate surface area is 92.1 Å². The van der Waals surface area contributed by atoms with E-state index < -0.39 is 0 Å². The maximum absolute atomic E-state index is 8.86. The van der Waals surface area contributed by atoms with Crippen molar-refractivity contribution in [3.05, 3.63) is 24.0 Å². The van der Waals surface area contributed by atoms with E-state index in [-0.39, 0.29) is 6.61 Å². The molecule has 0 aliphatic rings. The van der Waals surface area contributed by atoms with Crippen LogP contribution in [-0.4, -0.2) is 22.3 Å². The van der Waals surface area contributed by atoms with E-state index in [9.17, 15) is 0 Å². The van der Waals surface area contributed by atoms with Gasteiger partial charge in [-0.25, -0.2) is 0 Å². The highest BCUT2D eigenvalue weighted by Crippen LogP contribution is 2.03. The summed E-state index contributed by atoms with van der Waals surface area (Å²) in [6, 6.07) is 2.57. The normalized spacial score (nSPS) is 13.0. The van der Waals surface area contributed by atoms with Gasteiger partial charge in [-0.1, -0.05) is 6.92 Å². The van der Waals surface area contributed by atoms with Gasteiger partial charge in [-0.05, 0) is 31.4 Å². The van der Waals surface area contributed by atoms with Crippen molar-refractivity contribution in [1.82, 2.24) is 9.88 Å². The predicted molar refractivity (Wildman–Crippen MR) is 62.7 cm³/mol. The molecule has 0 fully saturated rings. The summed E-state index contributed by atoms with van der Waals surface area (Å²) in [5, 5.41) is 12.3. The van der Waals surface area contributed by atoms with Crippen LogP contribution in [0.5, 0.6) is 0 Å². The molecule has 0 saturated heterocycles. The summed E-state index contributed by atoms with van der Waals surface area (Å²) in [6.45, 7) is 6.46. The molecule has 1 rings (SSSR count). The predicted octanol–water partition coefficient (Wildman–Crippen LogP) is 1.76. The molecule has 0 aliphatic heterocycles. The van der Waals surface area contributed by atoms with Crippen LogP contribution in [0.2, 0.25) is 0 Å². The van der Waals surface area contributed by atoms with E-state index in [2.05, 4.69) is 42.2 Å². The number of nitrogens with one attached hydrogen (secondary N) is 1. The third-order valence-corrected chi connectivity index (χ3v) is 2.74. The summed E-state index contributed by atoms with van der Waals surface area (Å²) < 4.78 is 2.17. The average Bonchev–Trinajstić information content (AvgIpc) is 2.72. The molecule has 0 amide bonds. The minimum atomic E-state index is 0.265. The molecular formula is C12H22N2O. The fraction of sp³-hybridized carbons (Fsp3) is 0.667. The van der Waals surface area contributed by atoms with Gasteiger partial charge in [-0.15, -0.1) is 0 Å². The van der Waals surface area contributed by atoms with Crippen molar-refractivity contribution in [1.29, 1.82) is 0 Å². The Balaban J connectivity index is 2.34. The first kappa shape index (κ1) is 12.3. The van der Waals surface area contributed by atoms with Crippen molar-refractivity contribution >= 4 is 0 Å². The van der Waals surface area contributed by atoms with Crippen molar-refractivity contribution in [2.24, 2.45) is 0 Å².